The van der Waals surface area contributed by atoms with Crippen LogP contribution >= 0.6 is 47.8 Å². The number of hydrogen-bond acceptors (Lipinski definition) is 7. The fraction of sp³-hybridized carbons (Fsp3) is 0.186. The largest absolute Gasteiger partial charge is 0.494 e. The average Bonchev–Trinajstić information content (AvgIpc) is 4.00. The van der Waals surface area contributed by atoms with Gasteiger partial charge in [-0.05, 0) is 87.8 Å². The minimum atomic E-state index is -1.11. The number of aryl methyl sites for hydroxylation is 2. The van der Waals surface area contributed by atoms with Crippen LogP contribution in [-0.4, -0.2) is 60.7 Å². The summed E-state index contributed by atoms with van der Waals surface area (Å²) < 4.78 is 107. The molecule has 334 valence electrons. The molecule has 0 radical (unpaired) electrons. The van der Waals surface area contributed by atoms with Gasteiger partial charge in [0.25, 0.3) is 0 Å². The molecule has 0 aliphatic carbocycles. The van der Waals surface area contributed by atoms with E-state index in [1.807, 2.05) is 45.9 Å². The summed E-state index contributed by atoms with van der Waals surface area (Å²) in [5, 5.41) is 16.6. The summed E-state index contributed by atoms with van der Waals surface area (Å²) in [5.74, 6) is -5.06. The molecular weight excluding hydrogens is 1050 g/mol. The summed E-state index contributed by atoms with van der Waals surface area (Å²) in [6, 6.07) is 15.4. The van der Waals surface area contributed by atoms with Gasteiger partial charge >= 0.3 is 7.12 Å². The van der Waals surface area contributed by atoms with Crippen LogP contribution in [0, 0.1) is 40.7 Å². The SMILES string of the molecule is Cn1ncc2cc(B3OC(C)(C)C(C)(C)O3)cc(F)c21.Cn1ncc2cc(Br)cc(F)c21.Fc1cc(Br)cc2cn[nH]c12.O=Cc1cc(Br)cc(F)c1F.O=Cc1cccc(F)c1F. The lowest BCUT2D eigenvalue weighted by molar-refractivity contribution is 0.00578. The number of nitrogens with one attached hydrogen (secondary N) is 1. The summed E-state index contributed by atoms with van der Waals surface area (Å²) in [6.45, 7) is 7.91. The topological polar surface area (TPSA) is 117 Å². The van der Waals surface area contributed by atoms with E-state index >= 15 is 0 Å². The first-order valence-electron chi connectivity index (χ1n) is 18.6. The summed E-state index contributed by atoms with van der Waals surface area (Å²) >= 11 is 9.32. The number of benzene rings is 5. The van der Waals surface area contributed by atoms with Gasteiger partial charge in [0.2, 0.25) is 0 Å². The Balaban J connectivity index is 0.000000155. The summed E-state index contributed by atoms with van der Waals surface area (Å²) in [5.41, 5.74) is 0.769. The number of rotatable bonds is 3. The first kappa shape index (κ1) is 49.8. The smallest absolute Gasteiger partial charge is 0.399 e. The molecule has 0 spiro atoms. The second kappa shape index (κ2) is 20.7. The number of nitrogens with zero attached hydrogens (tertiary/aromatic N) is 5. The predicted octanol–water partition coefficient (Wildman–Crippen LogP) is 11.3. The van der Waals surface area contributed by atoms with Gasteiger partial charge in [-0.1, -0.05) is 59.9 Å². The summed E-state index contributed by atoms with van der Waals surface area (Å²) in [6.07, 6.45) is 5.42. The lowest BCUT2D eigenvalue weighted by Crippen LogP contribution is -2.41. The molecule has 9 rings (SSSR count). The van der Waals surface area contributed by atoms with Crippen molar-refractivity contribution in [2.45, 2.75) is 38.9 Å². The van der Waals surface area contributed by atoms with Gasteiger partial charge in [-0.2, -0.15) is 15.3 Å². The number of aldehydes is 2. The maximum Gasteiger partial charge on any atom is 0.494 e. The Morgan fingerprint density at radius 1 is 0.594 bits per heavy atom. The van der Waals surface area contributed by atoms with Crippen molar-refractivity contribution in [3.8, 4) is 0 Å². The Bertz CT molecular complexity index is 2970. The fourth-order valence-corrected chi connectivity index (χ4v) is 7.23. The van der Waals surface area contributed by atoms with Crippen LogP contribution in [0.25, 0.3) is 32.7 Å². The minimum Gasteiger partial charge on any atom is -0.399 e. The highest BCUT2D eigenvalue weighted by Crippen LogP contribution is 2.37. The van der Waals surface area contributed by atoms with Gasteiger partial charge in [0.15, 0.2) is 35.8 Å². The van der Waals surface area contributed by atoms with E-state index in [9.17, 15) is 40.3 Å². The predicted molar refractivity (Wildman–Crippen MR) is 240 cm³/mol. The van der Waals surface area contributed by atoms with E-state index in [1.165, 1.54) is 45.8 Å². The molecule has 1 N–H and O–H groups in total. The van der Waals surface area contributed by atoms with Crippen molar-refractivity contribution >= 4 is 106 Å². The molecule has 1 fully saturated rings. The number of hydrogen-bond donors (Lipinski definition) is 1. The number of carbonyl (C=O) groups excluding carboxylic acids is 2. The number of aromatic amines is 1. The normalized spacial score (nSPS) is 13.5. The molecule has 3 aromatic heterocycles. The maximum absolute atomic E-state index is 14.2. The van der Waals surface area contributed by atoms with Crippen LogP contribution in [0.15, 0.2) is 98.7 Å². The zero-order chi connectivity index (χ0) is 47.3. The molecule has 64 heavy (non-hydrogen) atoms. The maximum atomic E-state index is 14.2. The fourth-order valence-electron chi connectivity index (χ4n) is 5.89. The van der Waals surface area contributed by atoms with Crippen LogP contribution < -0.4 is 5.46 Å². The highest BCUT2D eigenvalue weighted by atomic mass is 79.9. The molecule has 10 nitrogen and oxygen atoms in total. The molecule has 0 atom stereocenters. The molecule has 8 aromatic rings. The van der Waals surface area contributed by atoms with E-state index in [4.69, 9.17) is 9.31 Å². The molecule has 0 unspecified atom stereocenters. The lowest BCUT2D eigenvalue weighted by atomic mass is 9.78. The van der Waals surface area contributed by atoms with Crippen molar-refractivity contribution in [1.29, 1.82) is 0 Å². The highest BCUT2D eigenvalue weighted by molar-refractivity contribution is 9.11. The van der Waals surface area contributed by atoms with E-state index < -0.39 is 41.6 Å². The second-order valence-electron chi connectivity index (χ2n) is 14.8. The van der Waals surface area contributed by atoms with Crippen LogP contribution in [0.2, 0.25) is 0 Å². The standard InChI is InChI=1S/C14H18BFN2O2.C8H6BrFN2.C7H3BrF2O.C7H4BrFN2.C7H4F2O/c1-13(2)14(3,4)20-15(19-13)10-6-9-8-17-18(5)12(9)11(16)7-10;1-12-8-5(4-11-12)2-6(9)3-7(8)10;8-5-1-4(3-11)7(10)6(9)2-5;8-5-1-4-3-10-11-7(4)6(9)2-5;8-6-3-1-2-5(4-10)7(6)9/h6-8H,1-5H3;2-4H,1H3;1-3H;1-3H,(H,10,11);1-4H. The summed E-state index contributed by atoms with van der Waals surface area (Å²) in [7, 11) is 2.89. The van der Waals surface area contributed by atoms with Gasteiger partial charge in [0.1, 0.15) is 34.0 Å². The van der Waals surface area contributed by atoms with E-state index in [-0.39, 0.29) is 41.2 Å². The monoisotopic (exact) mass is 1080 g/mol. The molecule has 1 aliphatic heterocycles. The van der Waals surface area contributed by atoms with Gasteiger partial charge < -0.3 is 9.31 Å². The Hall–Kier alpha value is -5.22. The lowest BCUT2D eigenvalue weighted by Gasteiger charge is -2.32. The second-order valence-corrected chi connectivity index (χ2v) is 17.5. The van der Waals surface area contributed by atoms with Crippen molar-refractivity contribution in [3.63, 3.8) is 0 Å². The molecule has 0 amide bonds. The third-order valence-corrected chi connectivity index (χ3v) is 11.2. The number of carbonyl (C=O) groups is 2. The van der Waals surface area contributed by atoms with Crippen molar-refractivity contribution in [2.75, 3.05) is 0 Å². The van der Waals surface area contributed by atoms with Crippen LogP contribution in [-0.2, 0) is 23.4 Å². The number of halogens is 10. The van der Waals surface area contributed by atoms with Crippen molar-refractivity contribution in [1.82, 2.24) is 29.8 Å². The van der Waals surface area contributed by atoms with Crippen LogP contribution in [0.4, 0.5) is 30.7 Å². The Kier molecular flexibility index (Phi) is 16.1. The zero-order valence-corrected chi connectivity index (χ0v) is 39.2. The Morgan fingerprint density at radius 3 is 1.64 bits per heavy atom. The van der Waals surface area contributed by atoms with Gasteiger partial charge in [0, 0.05) is 43.7 Å². The number of aromatic nitrogens is 6. The van der Waals surface area contributed by atoms with Gasteiger partial charge in [-0.25, -0.2) is 30.7 Å². The average molecular weight is 1080 g/mol. The molecule has 0 saturated carbocycles. The molecule has 1 aliphatic rings. The third-order valence-electron chi connectivity index (χ3n) is 9.81. The molecule has 0 bridgehead atoms. The quantitative estimate of drug-likeness (QED) is 0.0810. The zero-order valence-electron chi connectivity index (χ0n) is 34.5. The molecule has 21 heteroatoms. The summed E-state index contributed by atoms with van der Waals surface area (Å²) in [4.78, 5) is 20.1. The van der Waals surface area contributed by atoms with Gasteiger partial charge in [-0.3, -0.25) is 24.1 Å². The molecule has 5 aromatic carbocycles. The Labute approximate surface area is 386 Å². The van der Waals surface area contributed by atoms with Crippen molar-refractivity contribution in [2.24, 2.45) is 14.1 Å². The third kappa shape index (κ3) is 11.5. The van der Waals surface area contributed by atoms with Crippen molar-refractivity contribution in [3.05, 3.63) is 151 Å². The van der Waals surface area contributed by atoms with Gasteiger partial charge in [0.05, 0.1) is 40.9 Å². The Morgan fingerprint density at radius 2 is 1.08 bits per heavy atom. The molecular formula is C43H35BBr3F7N6O4. The van der Waals surface area contributed by atoms with E-state index in [0.29, 0.717) is 26.5 Å². The minimum absolute atomic E-state index is 0.250. The van der Waals surface area contributed by atoms with Crippen LogP contribution in [0.1, 0.15) is 48.4 Å². The molecule has 4 heterocycles. The number of H-pyrrole nitrogens is 1. The first-order chi connectivity index (χ1) is 30.1. The highest BCUT2D eigenvalue weighted by Gasteiger charge is 2.51. The van der Waals surface area contributed by atoms with Crippen LogP contribution in [0.5, 0.6) is 0 Å². The molecule has 1 saturated heterocycles. The van der Waals surface area contributed by atoms with E-state index in [1.54, 1.807) is 32.7 Å². The van der Waals surface area contributed by atoms with E-state index in [2.05, 4.69) is 68.2 Å². The number of fused-ring (bicyclic) bond motifs is 3. The van der Waals surface area contributed by atoms with E-state index in [0.717, 1.165) is 37.2 Å². The van der Waals surface area contributed by atoms with Crippen LogP contribution in [0.3, 0.4) is 0 Å². The van der Waals surface area contributed by atoms with Gasteiger partial charge in [-0.15, -0.1) is 0 Å². The van der Waals surface area contributed by atoms with Crippen molar-refractivity contribution < 1.29 is 49.6 Å². The first-order valence-corrected chi connectivity index (χ1v) is 21.0.